The maximum atomic E-state index is 9.49. The van der Waals surface area contributed by atoms with E-state index in [1.54, 1.807) is 0 Å². The van der Waals surface area contributed by atoms with Crippen molar-refractivity contribution in [1.82, 2.24) is 0 Å². The number of rotatable bonds is 1. The number of carbonyl (C=O) groups is 2. The molecule has 0 aliphatic heterocycles. The summed E-state index contributed by atoms with van der Waals surface area (Å²) in [4.78, 5) is 21.4. The molecule has 0 atom stereocenters. The van der Waals surface area contributed by atoms with E-state index in [4.69, 9.17) is 10.2 Å². The van der Waals surface area contributed by atoms with E-state index in [-0.39, 0.29) is 0 Å². The highest BCUT2D eigenvalue weighted by Gasteiger charge is 1.89. The number of amides is 1. The second-order valence-corrected chi connectivity index (χ2v) is 0.879. The van der Waals surface area contributed by atoms with Gasteiger partial charge in [-0.25, -0.2) is 9.59 Å². The molecule has 0 aromatic heterocycles. The summed E-state index contributed by atoms with van der Waals surface area (Å²) < 4.78 is 0. The average molecular weight is 117 g/mol. The zero-order valence-corrected chi connectivity index (χ0v) is 3.74. The Morgan fingerprint density at radius 2 is 1.88 bits per heavy atom. The standard InChI is InChI=1S/C3H3NO4/c5-2(6)1-4-3(7)8/h1H,(H,5,6)(H,7,8)/b4-1-. The lowest BCUT2D eigenvalue weighted by Crippen LogP contribution is -1.97. The summed E-state index contributed by atoms with van der Waals surface area (Å²) in [5.41, 5.74) is 0. The van der Waals surface area contributed by atoms with Crippen molar-refractivity contribution in [2.75, 3.05) is 0 Å². The van der Waals surface area contributed by atoms with Crippen LogP contribution >= 0.6 is 0 Å². The first-order valence-electron chi connectivity index (χ1n) is 1.63. The lowest BCUT2D eigenvalue weighted by Gasteiger charge is -1.74. The van der Waals surface area contributed by atoms with Gasteiger partial charge in [0.05, 0.1) is 0 Å². The maximum Gasteiger partial charge on any atom is 0.431 e. The topological polar surface area (TPSA) is 87.0 Å². The molecule has 0 spiro atoms. The Kier molecular flexibility index (Phi) is 2.25. The van der Waals surface area contributed by atoms with Gasteiger partial charge in [0.15, 0.2) is 0 Å². The van der Waals surface area contributed by atoms with Crippen molar-refractivity contribution in [3.05, 3.63) is 0 Å². The predicted octanol–water partition coefficient (Wildman–Crippen LogP) is -0.180. The van der Waals surface area contributed by atoms with Crippen LogP contribution in [-0.2, 0) is 4.79 Å². The summed E-state index contributed by atoms with van der Waals surface area (Å²) in [5.74, 6) is -1.37. The summed E-state index contributed by atoms with van der Waals surface area (Å²) >= 11 is 0. The zero-order chi connectivity index (χ0) is 6.57. The molecule has 0 aliphatic rings. The summed E-state index contributed by atoms with van der Waals surface area (Å²) in [5, 5.41) is 15.5. The summed E-state index contributed by atoms with van der Waals surface area (Å²) in [7, 11) is 0. The van der Waals surface area contributed by atoms with Gasteiger partial charge in [-0.2, -0.15) is 4.99 Å². The SMILES string of the molecule is O=C(O)/C=N\C(=O)O. The van der Waals surface area contributed by atoms with Crippen LogP contribution in [0.2, 0.25) is 0 Å². The van der Waals surface area contributed by atoms with Crippen molar-refractivity contribution in [1.29, 1.82) is 0 Å². The second-order valence-electron chi connectivity index (χ2n) is 0.879. The lowest BCUT2D eigenvalue weighted by molar-refractivity contribution is -0.128. The average Bonchev–Trinajstić information content (AvgIpc) is 1.61. The van der Waals surface area contributed by atoms with Crippen molar-refractivity contribution in [3.8, 4) is 0 Å². The highest BCUT2D eigenvalue weighted by atomic mass is 16.4. The third kappa shape index (κ3) is 4.61. The van der Waals surface area contributed by atoms with E-state index in [9.17, 15) is 9.59 Å². The third-order valence-corrected chi connectivity index (χ3v) is 0.285. The van der Waals surface area contributed by atoms with E-state index < -0.39 is 12.1 Å². The molecule has 0 saturated heterocycles. The molecule has 0 rings (SSSR count). The summed E-state index contributed by atoms with van der Waals surface area (Å²) in [6, 6.07) is 0. The molecule has 0 aromatic rings. The molecule has 1 amide bonds. The van der Waals surface area contributed by atoms with Crippen molar-refractivity contribution in [2.24, 2.45) is 4.99 Å². The number of nitrogens with zero attached hydrogens (tertiary/aromatic N) is 1. The first kappa shape index (κ1) is 6.61. The molecule has 0 heterocycles. The molecule has 0 aromatic carbocycles. The fourth-order valence-electron chi connectivity index (χ4n) is 0.110. The smallest absolute Gasteiger partial charge is 0.431 e. The largest absolute Gasteiger partial charge is 0.477 e. The van der Waals surface area contributed by atoms with Crippen LogP contribution in [0.5, 0.6) is 0 Å². The van der Waals surface area contributed by atoms with Gasteiger partial charge < -0.3 is 10.2 Å². The molecule has 0 bridgehead atoms. The monoisotopic (exact) mass is 117 g/mol. The fraction of sp³-hybridized carbons (Fsp3) is 0. The molecule has 8 heavy (non-hydrogen) atoms. The van der Waals surface area contributed by atoms with Gasteiger partial charge in [-0.1, -0.05) is 0 Å². The Bertz CT molecular complexity index is 122. The van der Waals surface area contributed by atoms with Crippen molar-refractivity contribution in [3.63, 3.8) is 0 Å². The van der Waals surface area contributed by atoms with Crippen LogP contribution in [0.25, 0.3) is 0 Å². The third-order valence-electron chi connectivity index (χ3n) is 0.285. The minimum absolute atomic E-state index is 0.308. The number of hydrogen-bond acceptors (Lipinski definition) is 2. The summed E-state index contributed by atoms with van der Waals surface area (Å²) in [6.07, 6.45) is -1.20. The molecule has 0 fully saturated rings. The van der Waals surface area contributed by atoms with E-state index in [0.717, 1.165) is 0 Å². The van der Waals surface area contributed by atoms with Gasteiger partial charge >= 0.3 is 12.1 Å². The maximum absolute atomic E-state index is 9.49. The van der Waals surface area contributed by atoms with E-state index in [2.05, 4.69) is 4.99 Å². The lowest BCUT2D eigenvalue weighted by atomic mass is 10.8. The van der Waals surface area contributed by atoms with E-state index >= 15 is 0 Å². The van der Waals surface area contributed by atoms with Crippen molar-refractivity contribution < 1.29 is 19.8 Å². The van der Waals surface area contributed by atoms with Gasteiger partial charge in [-0.3, -0.25) is 0 Å². The summed E-state index contributed by atoms with van der Waals surface area (Å²) in [6.45, 7) is 0. The van der Waals surface area contributed by atoms with Gasteiger partial charge in [0.2, 0.25) is 0 Å². The van der Waals surface area contributed by atoms with Gasteiger partial charge in [-0.15, -0.1) is 0 Å². The quantitative estimate of drug-likeness (QED) is 0.466. The molecular weight excluding hydrogens is 114 g/mol. The molecule has 0 unspecified atom stereocenters. The number of aliphatic imine (C=N–C) groups is 1. The number of carboxylic acid groups (broad SMARTS) is 2. The molecule has 44 valence electrons. The van der Waals surface area contributed by atoms with Crippen LogP contribution in [0.15, 0.2) is 4.99 Å². The first-order valence-corrected chi connectivity index (χ1v) is 1.63. The Balaban J connectivity index is 3.67. The number of carboxylic acids is 1. The molecule has 0 aliphatic carbocycles. The second kappa shape index (κ2) is 2.73. The minimum atomic E-state index is -1.51. The molecule has 5 heteroatoms. The van der Waals surface area contributed by atoms with E-state index in [0.29, 0.717) is 6.21 Å². The Morgan fingerprint density at radius 1 is 1.38 bits per heavy atom. The Hall–Kier alpha value is -1.39. The van der Waals surface area contributed by atoms with E-state index in [1.165, 1.54) is 0 Å². The van der Waals surface area contributed by atoms with Crippen LogP contribution < -0.4 is 0 Å². The molecule has 2 N–H and O–H groups in total. The highest BCUT2D eigenvalue weighted by molar-refractivity contribution is 6.23. The van der Waals surface area contributed by atoms with Gasteiger partial charge in [0.1, 0.15) is 6.21 Å². The fourth-order valence-corrected chi connectivity index (χ4v) is 0.110. The van der Waals surface area contributed by atoms with Gasteiger partial charge in [-0.05, 0) is 0 Å². The normalized spacial score (nSPS) is 9.50. The molecule has 5 nitrogen and oxygen atoms in total. The van der Waals surface area contributed by atoms with Crippen molar-refractivity contribution in [2.45, 2.75) is 0 Å². The highest BCUT2D eigenvalue weighted by Crippen LogP contribution is 1.66. The van der Waals surface area contributed by atoms with Crippen LogP contribution in [0.4, 0.5) is 4.79 Å². The van der Waals surface area contributed by atoms with Gasteiger partial charge in [0.25, 0.3) is 0 Å². The number of hydrogen-bond donors (Lipinski definition) is 2. The number of aliphatic carboxylic acids is 1. The molecule has 0 radical (unpaired) electrons. The van der Waals surface area contributed by atoms with Crippen LogP contribution in [-0.4, -0.2) is 28.5 Å². The minimum Gasteiger partial charge on any atom is -0.477 e. The molecule has 0 saturated carbocycles. The van der Waals surface area contributed by atoms with Crippen LogP contribution in [0, 0.1) is 0 Å². The van der Waals surface area contributed by atoms with Crippen LogP contribution in [0.3, 0.4) is 0 Å². The first-order chi connectivity index (χ1) is 3.63. The molecular formula is C3H3NO4. The Morgan fingerprint density at radius 3 is 2.00 bits per heavy atom. The van der Waals surface area contributed by atoms with Crippen LogP contribution in [0.1, 0.15) is 0 Å². The van der Waals surface area contributed by atoms with E-state index in [1.807, 2.05) is 0 Å². The Labute approximate surface area is 44.3 Å². The van der Waals surface area contributed by atoms with Crippen molar-refractivity contribution >= 4 is 18.3 Å². The predicted molar refractivity (Wildman–Crippen MR) is 24.2 cm³/mol. The zero-order valence-electron chi connectivity index (χ0n) is 3.74. The van der Waals surface area contributed by atoms with Gasteiger partial charge in [0, 0.05) is 0 Å².